The van der Waals surface area contributed by atoms with Crippen molar-refractivity contribution in [3.05, 3.63) is 66.4 Å². The summed E-state index contributed by atoms with van der Waals surface area (Å²) in [5.74, 6) is 1.83. The highest BCUT2D eigenvalue weighted by molar-refractivity contribution is 6.01. The number of urea groups is 1. The highest BCUT2D eigenvalue weighted by Gasteiger charge is 2.16. The summed E-state index contributed by atoms with van der Waals surface area (Å²) in [6.45, 7) is 4.89. The van der Waals surface area contributed by atoms with Gasteiger partial charge in [0.2, 0.25) is 0 Å². The molecule has 1 fully saturated rings. The van der Waals surface area contributed by atoms with E-state index in [1.807, 2.05) is 54.7 Å². The third-order valence-corrected chi connectivity index (χ3v) is 5.41. The van der Waals surface area contributed by atoms with Gasteiger partial charge in [-0.25, -0.2) is 9.78 Å². The lowest BCUT2D eigenvalue weighted by molar-refractivity contribution is 0.252. The van der Waals surface area contributed by atoms with E-state index in [0.29, 0.717) is 6.54 Å². The van der Waals surface area contributed by atoms with Crippen LogP contribution in [-0.4, -0.2) is 24.1 Å². The van der Waals surface area contributed by atoms with Crippen molar-refractivity contribution in [3.63, 3.8) is 0 Å². The van der Waals surface area contributed by atoms with E-state index in [1.165, 1.54) is 12.8 Å². The van der Waals surface area contributed by atoms with Gasteiger partial charge in [0.15, 0.2) is 0 Å². The van der Waals surface area contributed by atoms with Crippen molar-refractivity contribution < 1.29 is 4.79 Å². The molecular formula is C23H26N4O. The number of carbonyl (C=O) groups excluding carboxylic acids is 1. The molecular weight excluding hydrogens is 348 g/mol. The topological polar surface area (TPSA) is 57.3 Å². The Morgan fingerprint density at radius 1 is 1.07 bits per heavy atom. The molecule has 1 aromatic heterocycles. The smallest absolute Gasteiger partial charge is 0.319 e. The maximum absolute atomic E-state index is 12.3. The van der Waals surface area contributed by atoms with Gasteiger partial charge in [0.05, 0.1) is 5.69 Å². The molecule has 0 bridgehead atoms. The van der Waals surface area contributed by atoms with E-state index in [1.54, 1.807) is 0 Å². The molecule has 2 aromatic carbocycles. The summed E-state index contributed by atoms with van der Waals surface area (Å²) < 4.78 is 0. The van der Waals surface area contributed by atoms with E-state index >= 15 is 0 Å². The van der Waals surface area contributed by atoms with Crippen LogP contribution in [0.25, 0.3) is 10.8 Å². The second-order valence-electron chi connectivity index (χ2n) is 7.53. The summed E-state index contributed by atoms with van der Waals surface area (Å²) in [7, 11) is 0. The zero-order chi connectivity index (χ0) is 19.3. The maximum Gasteiger partial charge on any atom is 0.319 e. The van der Waals surface area contributed by atoms with Gasteiger partial charge in [-0.1, -0.05) is 49.4 Å². The number of pyridine rings is 1. The number of amides is 2. The van der Waals surface area contributed by atoms with Crippen LogP contribution in [0.2, 0.25) is 0 Å². The first-order valence-corrected chi connectivity index (χ1v) is 9.91. The zero-order valence-corrected chi connectivity index (χ0v) is 16.2. The van der Waals surface area contributed by atoms with Crippen LogP contribution in [0, 0.1) is 5.92 Å². The Morgan fingerprint density at radius 3 is 2.64 bits per heavy atom. The van der Waals surface area contributed by atoms with E-state index in [2.05, 4.69) is 33.5 Å². The van der Waals surface area contributed by atoms with Gasteiger partial charge in [-0.2, -0.15) is 0 Å². The van der Waals surface area contributed by atoms with Crippen molar-refractivity contribution in [2.24, 2.45) is 5.92 Å². The SMILES string of the molecule is CC1CCN(c2ccc(CNC(=O)Nc3cccc4ccccc34)cn2)CC1. The molecule has 2 heterocycles. The quantitative estimate of drug-likeness (QED) is 0.690. The molecule has 0 unspecified atom stereocenters. The van der Waals surface area contributed by atoms with Crippen LogP contribution in [0.15, 0.2) is 60.8 Å². The van der Waals surface area contributed by atoms with Gasteiger partial charge in [0, 0.05) is 31.2 Å². The molecule has 2 N–H and O–H groups in total. The fraction of sp³-hybridized carbons (Fsp3) is 0.304. The summed E-state index contributed by atoms with van der Waals surface area (Å²) >= 11 is 0. The van der Waals surface area contributed by atoms with Gasteiger partial charge in [-0.3, -0.25) is 0 Å². The van der Waals surface area contributed by atoms with Gasteiger partial charge < -0.3 is 15.5 Å². The van der Waals surface area contributed by atoms with Gasteiger partial charge in [0.25, 0.3) is 0 Å². The summed E-state index contributed by atoms with van der Waals surface area (Å²) in [6.07, 6.45) is 4.30. The van der Waals surface area contributed by atoms with Crippen LogP contribution >= 0.6 is 0 Å². The molecule has 2 amide bonds. The summed E-state index contributed by atoms with van der Waals surface area (Å²) in [5.41, 5.74) is 1.80. The number of aromatic nitrogens is 1. The number of piperidine rings is 1. The number of hydrogen-bond acceptors (Lipinski definition) is 3. The normalized spacial score (nSPS) is 14.8. The Morgan fingerprint density at radius 2 is 1.86 bits per heavy atom. The Kier molecular flexibility index (Phi) is 5.42. The number of benzene rings is 2. The largest absolute Gasteiger partial charge is 0.357 e. The van der Waals surface area contributed by atoms with E-state index in [-0.39, 0.29) is 6.03 Å². The standard InChI is InChI=1S/C23H26N4O/c1-17-11-13-27(14-12-17)22-10-9-18(15-24-22)16-25-23(28)26-21-8-4-6-19-5-2-3-7-20(19)21/h2-10,15,17H,11-14,16H2,1H3,(H2,25,26,28). The van der Waals surface area contributed by atoms with E-state index in [9.17, 15) is 4.79 Å². The number of carbonyl (C=O) groups is 1. The number of nitrogens with zero attached hydrogens (tertiary/aromatic N) is 2. The minimum absolute atomic E-state index is 0.217. The molecule has 3 aromatic rings. The van der Waals surface area contributed by atoms with Crippen LogP contribution in [-0.2, 0) is 6.54 Å². The van der Waals surface area contributed by atoms with Crippen molar-refractivity contribution in [2.45, 2.75) is 26.3 Å². The number of anilines is 2. The third kappa shape index (κ3) is 4.25. The lowest BCUT2D eigenvalue weighted by Gasteiger charge is -2.31. The molecule has 5 heteroatoms. The van der Waals surface area contributed by atoms with Gasteiger partial charge >= 0.3 is 6.03 Å². The van der Waals surface area contributed by atoms with Crippen molar-refractivity contribution in [1.29, 1.82) is 0 Å². The maximum atomic E-state index is 12.3. The molecule has 1 aliphatic rings. The number of rotatable bonds is 4. The monoisotopic (exact) mass is 374 g/mol. The van der Waals surface area contributed by atoms with Crippen molar-refractivity contribution in [2.75, 3.05) is 23.3 Å². The molecule has 4 rings (SSSR count). The number of fused-ring (bicyclic) bond motifs is 1. The van der Waals surface area contributed by atoms with Crippen molar-refractivity contribution in [3.8, 4) is 0 Å². The van der Waals surface area contributed by atoms with Crippen molar-refractivity contribution >= 4 is 28.3 Å². The molecule has 1 saturated heterocycles. The Balaban J connectivity index is 1.33. The van der Waals surface area contributed by atoms with E-state index < -0.39 is 0 Å². The van der Waals surface area contributed by atoms with Gasteiger partial charge in [-0.15, -0.1) is 0 Å². The van der Waals surface area contributed by atoms with Gasteiger partial charge in [0.1, 0.15) is 5.82 Å². The Hall–Kier alpha value is -3.08. The first-order chi connectivity index (χ1) is 13.7. The minimum atomic E-state index is -0.217. The molecule has 0 saturated carbocycles. The lowest BCUT2D eigenvalue weighted by atomic mass is 9.99. The third-order valence-electron chi connectivity index (χ3n) is 5.41. The Labute approximate surface area is 165 Å². The van der Waals surface area contributed by atoms with E-state index in [4.69, 9.17) is 0 Å². The number of hydrogen-bond donors (Lipinski definition) is 2. The average Bonchev–Trinajstić information content (AvgIpc) is 2.74. The summed E-state index contributed by atoms with van der Waals surface area (Å²) in [5, 5.41) is 7.99. The second kappa shape index (κ2) is 8.30. The molecule has 0 radical (unpaired) electrons. The van der Waals surface area contributed by atoms with Crippen LogP contribution in [0.1, 0.15) is 25.3 Å². The Bertz CT molecular complexity index is 941. The zero-order valence-electron chi connectivity index (χ0n) is 16.2. The fourth-order valence-electron chi connectivity index (χ4n) is 3.63. The highest BCUT2D eigenvalue weighted by Crippen LogP contribution is 2.23. The highest BCUT2D eigenvalue weighted by atomic mass is 16.2. The van der Waals surface area contributed by atoms with Crippen LogP contribution < -0.4 is 15.5 Å². The minimum Gasteiger partial charge on any atom is -0.357 e. The average molecular weight is 374 g/mol. The fourth-order valence-corrected chi connectivity index (χ4v) is 3.63. The summed E-state index contributed by atoms with van der Waals surface area (Å²) in [4.78, 5) is 19.2. The molecule has 0 aliphatic carbocycles. The second-order valence-corrected chi connectivity index (χ2v) is 7.53. The number of nitrogens with one attached hydrogen (secondary N) is 2. The molecule has 0 spiro atoms. The van der Waals surface area contributed by atoms with Gasteiger partial charge in [-0.05, 0) is 41.8 Å². The molecule has 1 aliphatic heterocycles. The first kappa shape index (κ1) is 18.3. The van der Waals surface area contributed by atoms with Crippen molar-refractivity contribution in [1.82, 2.24) is 10.3 Å². The molecule has 5 nitrogen and oxygen atoms in total. The molecule has 144 valence electrons. The molecule has 0 atom stereocenters. The first-order valence-electron chi connectivity index (χ1n) is 9.91. The summed E-state index contributed by atoms with van der Waals surface area (Å²) in [6, 6.07) is 17.8. The predicted molar refractivity (Wildman–Crippen MR) is 115 cm³/mol. The lowest BCUT2D eigenvalue weighted by Crippen LogP contribution is -2.33. The van der Waals surface area contributed by atoms with Crippen LogP contribution in [0.5, 0.6) is 0 Å². The van der Waals surface area contributed by atoms with Crippen LogP contribution in [0.3, 0.4) is 0 Å². The molecule has 28 heavy (non-hydrogen) atoms. The van der Waals surface area contributed by atoms with Crippen LogP contribution in [0.4, 0.5) is 16.3 Å². The van der Waals surface area contributed by atoms with E-state index in [0.717, 1.165) is 46.8 Å². The predicted octanol–water partition coefficient (Wildman–Crippen LogP) is 4.79.